The first-order chi connectivity index (χ1) is 12.7. The number of guanidine groups is 1. The van der Waals surface area contributed by atoms with Crippen LogP contribution in [-0.4, -0.2) is 81.2 Å². The van der Waals surface area contributed by atoms with Crippen molar-refractivity contribution in [2.45, 2.75) is 6.18 Å². The van der Waals surface area contributed by atoms with Crippen molar-refractivity contribution < 1.29 is 22.4 Å². The van der Waals surface area contributed by atoms with Gasteiger partial charge in [0, 0.05) is 46.0 Å². The minimum absolute atomic E-state index is 0. The molecule has 0 aliphatic carbocycles. The maximum atomic E-state index is 13.0. The molecular formula is C17H24F4IN5O. The van der Waals surface area contributed by atoms with Crippen molar-refractivity contribution in [2.75, 3.05) is 58.3 Å². The number of amides is 1. The Morgan fingerprint density at radius 3 is 2.25 bits per heavy atom. The van der Waals surface area contributed by atoms with Gasteiger partial charge in [0.15, 0.2) is 5.96 Å². The van der Waals surface area contributed by atoms with Crippen LogP contribution in [0.4, 0.5) is 23.2 Å². The van der Waals surface area contributed by atoms with Crippen LogP contribution in [0.1, 0.15) is 0 Å². The Bertz CT molecular complexity index is 661. The Balaban J connectivity index is 0.00000392. The molecule has 0 spiro atoms. The van der Waals surface area contributed by atoms with Gasteiger partial charge in [0.2, 0.25) is 5.91 Å². The average molecular weight is 517 g/mol. The first-order valence-electron chi connectivity index (χ1n) is 8.46. The molecular weight excluding hydrogens is 493 g/mol. The molecule has 1 aliphatic heterocycles. The smallest absolute Gasteiger partial charge is 0.368 e. The van der Waals surface area contributed by atoms with Crippen molar-refractivity contribution in [3.8, 4) is 0 Å². The zero-order valence-corrected chi connectivity index (χ0v) is 18.0. The van der Waals surface area contributed by atoms with E-state index in [1.807, 2.05) is 4.90 Å². The van der Waals surface area contributed by atoms with Gasteiger partial charge >= 0.3 is 6.18 Å². The lowest BCUT2D eigenvalue weighted by molar-refractivity contribution is -0.157. The maximum absolute atomic E-state index is 13.0. The second-order valence-corrected chi connectivity index (χ2v) is 6.22. The zero-order valence-electron chi connectivity index (χ0n) is 15.7. The third-order valence-corrected chi connectivity index (χ3v) is 4.22. The van der Waals surface area contributed by atoms with Crippen molar-refractivity contribution >= 4 is 41.5 Å². The van der Waals surface area contributed by atoms with Crippen LogP contribution in [0.3, 0.4) is 0 Å². The van der Waals surface area contributed by atoms with Gasteiger partial charge in [-0.3, -0.25) is 9.79 Å². The van der Waals surface area contributed by atoms with Crippen molar-refractivity contribution in [3.05, 3.63) is 30.1 Å². The maximum Gasteiger partial charge on any atom is 0.406 e. The molecule has 0 bridgehead atoms. The summed E-state index contributed by atoms with van der Waals surface area (Å²) < 4.78 is 50.1. The van der Waals surface area contributed by atoms with Crippen LogP contribution in [0.25, 0.3) is 0 Å². The molecule has 0 atom stereocenters. The van der Waals surface area contributed by atoms with Gasteiger partial charge in [0.25, 0.3) is 0 Å². The second-order valence-electron chi connectivity index (χ2n) is 6.22. The fourth-order valence-corrected chi connectivity index (χ4v) is 2.81. The molecule has 0 aromatic heterocycles. The van der Waals surface area contributed by atoms with Gasteiger partial charge in [-0.05, 0) is 24.3 Å². The first kappa shape index (κ1) is 24.2. The quantitative estimate of drug-likeness (QED) is 0.288. The molecule has 28 heavy (non-hydrogen) atoms. The van der Waals surface area contributed by atoms with Crippen molar-refractivity contribution in [1.82, 2.24) is 15.1 Å². The molecule has 1 N–H and O–H groups in total. The number of likely N-dealkylation sites (N-methyl/N-ethyl adjacent to an activating group) is 1. The van der Waals surface area contributed by atoms with Gasteiger partial charge in [0.1, 0.15) is 12.4 Å². The van der Waals surface area contributed by atoms with E-state index in [9.17, 15) is 22.4 Å². The third-order valence-electron chi connectivity index (χ3n) is 4.22. The summed E-state index contributed by atoms with van der Waals surface area (Å²) >= 11 is 0. The average Bonchev–Trinajstić information content (AvgIpc) is 2.62. The third kappa shape index (κ3) is 7.32. The van der Waals surface area contributed by atoms with E-state index in [0.717, 1.165) is 12.7 Å². The number of anilines is 1. The monoisotopic (exact) mass is 517 g/mol. The molecule has 2 rings (SSSR count). The Morgan fingerprint density at radius 1 is 1.18 bits per heavy atom. The normalized spacial score (nSPS) is 15.1. The van der Waals surface area contributed by atoms with E-state index >= 15 is 0 Å². The number of hydrogen-bond donors (Lipinski definition) is 1. The number of carbonyl (C=O) groups is 1. The molecule has 0 unspecified atom stereocenters. The van der Waals surface area contributed by atoms with Crippen molar-refractivity contribution in [1.29, 1.82) is 0 Å². The van der Waals surface area contributed by atoms with E-state index in [4.69, 9.17) is 0 Å². The largest absolute Gasteiger partial charge is 0.406 e. The molecule has 1 amide bonds. The van der Waals surface area contributed by atoms with E-state index in [0.29, 0.717) is 37.0 Å². The number of hydrogen-bond acceptors (Lipinski definition) is 3. The minimum Gasteiger partial charge on any atom is -0.368 e. The summed E-state index contributed by atoms with van der Waals surface area (Å²) in [5.74, 6) is -0.497. The minimum atomic E-state index is -4.43. The highest BCUT2D eigenvalue weighted by molar-refractivity contribution is 14.0. The number of piperazine rings is 1. The number of benzene rings is 1. The summed E-state index contributed by atoms with van der Waals surface area (Å²) in [5, 5.41) is 2.82. The van der Waals surface area contributed by atoms with E-state index in [1.165, 1.54) is 12.1 Å². The summed E-state index contributed by atoms with van der Waals surface area (Å²) in [6.45, 7) is 1.02. The van der Waals surface area contributed by atoms with Crippen LogP contribution in [0.2, 0.25) is 0 Å². The predicted molar refractivity (Wildman–Crippen MR) is 111 cm³/mol. The van der Waals surface area contributed by atoms with Crippen LogP contribution in [0.15, 0.2) is 29.3 Å². The van der Waals surface area contributed by atoms with Crippen LogP contribution in [-0.2, 0) is 4.79 Å². The highest BCUT2D eigenvalue weighted by Crippen LogP contribution is 2.17. The molecule has 0 saturated carbocycles. The second kappa shape index (κ2) is 10.7. The zero-order chi connectivity index (χ0) is 20.0. The molecule has 11 heteroatoms. The Labute approximate surface area is 178 Å². The molecule has 158 valence electrons. The fraction of sp³-hybridized carbons (Fsp3) is 0.529. The van der Waals surface area contributed by atoms with Gasteiger partial charge in [-0.25, -0.2) is 4.39 Å². The molecule has 1 aromatic carbocycles. The summed E-state index contributed by atoms with van der Waals surface area (Å²) in [4.78, 5) is 20.6. The number of alkyl halides is 3. The molecule has 0 radical (unpaired) electrons. The van der Waals surface area contributed by atoms with Crippen LogP contribution >= 0.6 is 24.0 Å². The van der Waals surface area contributed by atoms with Crippen molar-refractivity contribution in [3.63, 3.8) is 0 Å². The highest BCUT2D eigenvalue weighted by Gasteiger charge is 2.31. The number of nitrogens with zero attached hydrogens (tertiary/aromatic N) is 4. The highest BCUT2D eigenvalue weighted by atomic mass is 127. The lowest BCUT2D eigenvalue weighted by Gasteiger charge is -2.37. The Kier molecular flexibility index (Phi) is 9.24. The van der Waals surface area contributed by atoms with Gasteiger partial charge in [-0.1, -0.05) is 0 Å². The molecule has 1 heterocycles. The SMILES string of the molecule is CN=C(NCC(=O)N(C)CC(F)(F)F)N1CCN(c2ccc(F)cc2)CC1.I. The summed E-state index contributed by atoms with van der Waals surface area (Å²) in [7, 11) is 2.67. The fourth-order valence-electron chi connectivity index (χ4n) is 2.81. The number of aliphatic imine (C=N–C) groups is 1. The van der Waals surface area contributed by atoms with E-state index in [-0.39, 0.29) is 36.3 Å². The van der Waals surface area contributed by atoms with Gasteiger partial charge in [0.05, 0.1) is 6.54 Å². The van der Waals surface area contributed by atoms with Crippen molar-refractivity contribution in [2.24, 2.45) is 4.99 Å². The topological polar surface area (TPSA) is 51.2 Å². The Hall–Kier alpha value is -1.79. The van der Waals surface area contributed by atoms with E-state index in [2.05, 4.69) is 15.2 Å². The number of rotatable bonds is 4. The summed E-state index contributed by atoms with van der Waals surface area (Å²) in [6.07, 6.45) is -4.43. The standard InChI is InChI=1S/C17H23F4N5O.HI/c1-22-16(23-11-15(27)24(2)12-17(19,20)21)26-9-7-25(8-10-26)14-5-3-13(18)4-6-14;/h3-6H,7-12H2,1-2H3,(H,22,23);1H. The lowest BCUT2D eigenvalue weighted by Crippen LogP contribution is -2.54. The summed E-state index contributed by atoms with van der Waals surface area (Å²) in [5.41, 5.74) is 0.919. The number of halogens is 5. The lowest BCUT2D eigenvalue weighted by atomic mass is 10.2. The van der Waals surface area contributed by atoms with Crippen LogP contribution in [0, 0.1) is 5.82 Å². The Morgan fingerprint density at radius 2 is 1.75 bits per heavy atom. The van der Waals surface area contributed by atoms with Crippen LogP contribution < -0.4 is 10.2 Å². The summed E-state index contributed by atoms with van der Waals surface area (Å²) in [6, 6.07) is 6.25. The molecule has 1 saturated heterocycles. The van der Waals surface area contributed by atoms with E-state index in [1.54, 1.807) is 19.2 Å². The number of nitrogens with one attached hydrogen (secondary N) is 1. The predicted octanol–water partition coefficient (Wildman–Crippen LogP) is 2.16. The first-order valence-corrected chi connectivity index (χ1v) is 8.46. The van der Waals surface area contributed by atoms with Gasteiger partial charge in [-0.2, -0.15) is 13.2 Å². The molecule has 1 aromatic rings. The van der Waals surface area contributed by atoms with Crippen LogP contribution in [0.5, 0.6) is 0 Å². The molecule has 1 aliphatic rings. The van der Waals surface area contributed by atoms with Gasteiger partial charge < -0.3 is 20.0 Å². The number of carbonyl (C=O) groups excluding carboxylic acids is 1. The van der Waals surface area contributed by atoms with Gasteiger partial charge in [-0.15, -0.1) is 24.0 Å². The molecule has 6 nitrogen and oxygen atoms in total. The molecule has 1 fully saturated rings. The van der Waals surface area contributed by atoms with E-state index < -0.39 is 18.6 Å².